The van der Waals surface area contributed by atoms with Crippen molar-refractivity contribution in [2.75, 3.05) is 32.7 Å². The number of urea groups is 1. The highest BCUT2D eigenvalue weighted by Crippen LogP contribution is 2.21. The third-order valence-corrected chi connectivity index (χ3v) is 4.71. The van der Waals surface area contributed by atoms with Crippen molar-refractivity contribution in [2.45, 2.75) is 19.0 Å². The summed E-state index contributed by atoms with van der Waals surface area (Å²) in [6.07, 6.45) is -5.70. The number of nitrogens with zero attached hydrogens (tertiary/aromatic N) is 4. The number of hydrogen-bond donors (Lipinski definition) is 1. The Morgan fingerprint density at radius 3 is 2.37 bits per heavy atom. The molecule has 12 heteroatoms. The van der Waals surface area contributed by atoms with E-state index in [1.807, 2.05) is 0 Å². The zero-order chi connectivity index (χ0) is 21.7. The third kappa shape index (κ3) is 6.09. The van der Waals surface area contributed by atoms with Gasteiger partial charge in [-0.05, 0) is 24.3 Å². The second kappa shape index (κ2) is 9.33. The van der Waals surface area contributed by atoms with E-state index in [0.29, 0.717) is 23.2 Å². The van der Waals surface area contributed by atoms with Crippen LogP contribution in [0.5, 0.6) is 0 Å². The molecule has 1 aromatic carbocycles. The molecule has 0 atom stereocenters. The first-order valence-corrected chi connectivity index (χ1v) is 9.55. The minimum Gasteiger partial charge on any atom is -0.339 e. The van der Waals surface area contributed by atoms with E-state index in [0.717, 1.165) is 10.5 Å². The lowest BCUT2D eigenvalue weighted by Gasteiger charge is -2.34. The number of rotatable bonds is 5. The maximum Gasteiger partial charge on any atom is 0.397 e. The van der Waals surface area contributed by atoms with Crippen LogP contribution in [0.15, 0.2) is 28.8 Å². The molecule has 0 spiro atoms. The minimum atomic E-state index is -4.53. The van der Waals surface area contributed by atoms with Gasteiger partial charge in [0, 0.05) is 49.7 Å². The number of carbonyl (C=O) groups is 2. The van der Waals surface area contributed by atoms with E-state index >= 15 is 0 Å². The lowest BCUT2D eigenvalue weighted by Crippen LogP contribution is -2.53. The van der Waals surface area contributed by atoms with E-state index in [1.54, 1.807) is 24.3 Å². The van der Waals surface area contributed by atoms with Crippen LogP contribution >= 0.6 is 11.6 Å². The van der Waals surface area contributed by atoms with Crippen molar-refractivity contribution < 1.29 is 27.3 Å². The molecule has 1 saturated heterocycles. The Morgan fingerprint density at radius 1 is 1.10 bits per heavy atom. The van der Waals surface area contributed by atoms with Crippen molar-refractivity contribution in [3.05, 3.63) is 35.2 Å². The molecule has 8 nitrogen and oxygen atoms in total. The molecule has 1 aromatic heterocycles. The van der Waals surface area contributed by atoms with Crippen molar-refractivity contribution in [1.29, 1.82) is 0 Å². The van der Waals surface area contributed by atoms with Crippen LogP contribution in [-0.2, 0) is 11.2 Å². The molecule has 0 saturated carbocycles. The fourth-order valence-electron chi connectivity index (χ4n) is 2.90. The van der Waals surface area contributed by atoms with Gasteiger partial charge in [0.15, 0.2) is 0 Å². The maximum absolute atomic E-state index is 12.3. The van der Waals surface area contributed by atoms with Gasteiger partial charge in [0.25, 0.3) is 0 Å². The number of piperazine rings is 1. The summed E-state index contributed by atoms with van der Waals surface area (Å²) in [5.74, 6) is -0.217. The minimum absolute atomic E-state index is 0.0659. The third-order valence-electron chi connectivity index (χ3n) is 4.46. The number of benzene rings is 1. The molecule has 3 amide bonds. The van der Waals surface area contributed by atoms with E-state index in [4.69, 9.17) is 16.1 Å². The van der Waals surface area contributed by atoms with Crippen LogP contribution in [0.4, 0.5) is 18.0 Å². The van der Waals surface area contributed by atoms with Gasteiger partial charge in [0.1, 0.15) is 6.42 Å². The average molecular weight is 446 g/mol. The summed E-state index contributed by atoms with van der Waals surface area (Å²) in [5.41, 5.74) is 0.747. The molecule has 3 rings (SSSR count). The number of hydrogen-bond acceptors (Lipinski definition) is 5. The normalized spacial score (nSPS) is 14.7. The fourth-order valence-corrected chi connectivity index (χ4v) is 3.03. The summed E-state index contributed by atoms with van der Waals surface area (Å²) in [6.45, 7) is 0.703. The molecular formula is C18H19ClF3N5O3. The Kier molecular flexibility index (Phi) is 6.80. The van der Waals surface area contributed by atoms with Crippen LogP contribution in [0, 0.1) is 0 Å². The molecular weight excluding hydrogens is 427 g/mol. The van der Waals surface area contributed by atoms with Gasteiger partial charge in [0.05, 0.1) is 0 Å². The van der Waals surface area contributed by atoms with E-state index in [9.17, 15) is 22.8 Å². The first-order valence-electron chi connectivity index (χ1n) is 9.17. The standard InChI is InChI=1S/C18H19ClF3N5O3/c19-13-3-1-12(2-4-13)16-24-14(30-25-16)5-6-23-17(29)27-9-7-26(8-10-27)15(28)11-18(20,21)22/h1-4H,5-11H2,(H,23,29). The molecule has 30 heavy (non-hydrogen) atoms. The molecule has 1 fully saturated rings. The fraction of sp³-hybridized carbons (Fsp3) is 0.444. The Hall–Kier alpha value is -2.82. The van der Waals surface area contributed by atoms with E-state index < -0.39 is 18.5 Å². The maximum atomic E-state index is 12.3. The average Bonchev–Trinajstić information content (AvgIpc) is 3.16. The number of carbonyl (C=O) groups excluding carboxylic acids is 2. The highest BCUT2D eigenvalue weighted by Gasteiger charge is 2.34. The van der Waals surface area contributed by atoms with Crippen LogP contribution < -0.4 is 5.32 Å². The topological polar surface area (TPSA) is 91.6 Å². The number of halogens is 4. The van der Waals surface area contributed by atoms with Crippen molar-refractivity contribution in [2.24, 2.45) is 0 Å². The van der Waals surface area contributed by atoms with Gasteiger partial charge in [-0.15, -0.1) is 0 Å². The number of alkyl halides is 3. The second-order valence-corrected chi connectivity index (χ2v) is 7.10. The van der Waals surface area contributed by atoms with Crippen molar-refractivity contribution in [3.63, 3.8) is 0 Å². The summed E-state index contributed by atoms with van der Waals surface area (Å²) >= 11 is 5.84. The van der Waals surface area contributed by atoms with Crippen molar-refractivity contribution in [3.8, 4) is 11.4 Å². The van der Waals surface area contributed by atoms with Crippen LogP contribution in [0.25, 0.3) is 11.4 Å². The van der Waals surface area contributed by atoms with Gasteiger partial charge in [-0.1, -0.05) is 16.8 Å². The van der Waals surface area contributed by atoms with Gasteiger partial charge in [0.2, 0.25) is 17.6 Å². The highest BCUT2D eigenvalue weighted by atomic mass is 35.5. The molecule has 1 aliphatic rings. The van der Waals surface area contributed by atoms with Crippen molar-refractivity contribution in [1.82, 2.24) is 25.3 Å². The lowest BCUT2D eigenvalue weighted by molar-refractivity contribution is -0.162. The molecule has 2 aromatic rings. The smallest absolute Gasteiger partial charge is 0.339 e. The summed E-state index contributed by atoms with van der Waals surface area (Å²) in [6, 6.07) is 6.58. The number of aromatic nitrogens is 2. The first kappa shape index (κ1) is 21.9. The summed E-state index contributed by atoms with van der Waals surface area (Å²) < 4.78 is 42.1. The summed E-state index contributed by atoms with van der Waals surface area (Å²) in [5, 5.41) is 7.18. The molecule has 162 valence electrons. The van der Waals surface area contributed by atoms with E-state index in [1.165, 1.54) is 4.90 Å². The molecule has 0 aliphatic carbocycles. The molecule has 0 unspecified atom stereocenters. The van der Waals surface area contributed by atoms with E-state index in [2.05, 4.69) is 15.5 Å². The zero-order valence-electron chi connectivity index (χ0n) is 15.8. The predicted octanol–water partition coefficient (Wildman–Crippen LogP) is 2.74. The lowest BCUT2D eigenvalue weighted by atomic mass is 10.2. The van der Waals surface area contributed by atoms with Crippen LogP contribution in [0.1, 0.15) is 12.3 Å². The van der Waals surface area contributed by atoms with Crippen molar-refractivity contribution >= 4 is 23.5 Å². The molecule has 1 N–H and O–H groups in total. The first-order chi connectivity index (χ1) is 14.2. The van der Waals surface area contributed by atoms with Gasteiger partial charge in [-0.2, -0.15) is 18.2 Å². The Morgan fingerprint density at radius 2 is 1.73 bits per heavy atom. The number of nitrogens with one attached hydrogen (secondary N) is 1. The zero-order valence-corrected chi connectivity index (χ0v) is 16.5. The van der Waals surface area contributed by atoms with Gasteiger partial charge < -0.3 is 19.6 Å². The molecule has 0 radical (unpaired) electrons. The van der Waals surface area contributed by atoms with Gasteiger partial charge >= 0.3 is 12.2 Å². The van der Waals surface area contributed by atoms with Gasteiger partial charge in [-0.3, -0.25) is 4.79 Å². The Bertz CT molecular complexity index is 880. The van der Waals surface area contributed by atoms with E-state index in [-0.39, 0.29) is 38.8 Å². The second-order valence-electron chi connectivity index (χ2n) is 6.66. The molecule has 0 bridgehead atoms. The number of amides is 3. The van der Waals surface area contributed by atoms with Crippen LogP contribution in [0.3, 0.4) is 0 Å². The monoisotopic (exact) mass is 445 g/mol. The summed E-state index contributed by atoms with van der Waals surface area (Å²) in [4.78, 5) is 30.6. The molecule has 1 aliphatic heterocycles. The van der Waals surface area contributed by atoms with Crippen LogP contribution in [0.2, 0.25) is 5.02 Å². The van der Waals surface area contributed by atoms with Crippen LogP contribution in [-0.4, -0.2) is 70.8 Å². The largest absolute Gasteiger partial charge is 0.397 e. The Balaban J connectivity index is 1.40. The SMILES string of the molecule is O=C(CC(F)(F)F)N1CCN(C(=O)NCCc2nc(-c3ccc(Cl)cc3)no2)CC1. The quantitative estimate of drug-likeness (QED) is 0.764. The molecule has 2 heterocycles. The highest BCUT2D eigenvalue weighted by molar-refractivity contribution is 6.30. The van der Waals surface area contributed by atoms with Gasteiger partial charge in [-0.25, -0.2) is 4.79 Å². The Labute approximate surface area is 175 Å². The summed E-state index contributed by atoms with van der Waals surface area (Å²) in [7, 11) is 0. The predicted molar refractivity (Wildman–Crippen MR) is 101 cm³/mol.